The third-order valence-electron chi connectivity index (χ3n) is 3.48. The Morgan fingerprint density at radius 3 is 2.71 bits per heavy atom. The number of halogens is 1. The molecule has 3 rings (SSSR count). The molecule has 0 aliphatic carbocycles. The van der Waals surface area contributed by atoms with Gasteiger partial charge in [0.2, 0.25) is 0 Å². The fourth-order valence-electron chi connectivity index (χ4n) is 2.19. The number of hydrogen-bond acceptors (Lipinski definition) is 3. The number of furan rings is 1. The molecule has 1 N–H and O–H groups in total. The van der Waals surface area contributed by atoms with Gasteiger partial charge in [0.05, 0.1) is 11.2 Å². The average Bonchev–Trinajstić information content (AvgIpc) is 2.90. The maximum absolute atomic E-state index is 12.2. The molecule has 3 aromatic rings. The van der Waals surface area contributed by atoms with Gasteiger partial charge in [0.25, 0.3) is 5.91 Å². The lowest BCUT2D eigenvalue weighted by Gasteiger charge is -2.10. The van der Waals surface area contributed by atoms with E-state index in [9.17, 15) is 4.79 Å². The molecule has 0 radical (unpaired) electrons. The quantitative estimate of drug-likeness (QED) is 0.746. The minimum Gasteiger partial charge on any atom is -0.444 e. The third-order valence-corrected chi connectivity index (χ3v) is 3.91. The zero-order valence-corrected chi connectivity index (χ0v) is 13.2. The maximum atomic E-state index is 12.2. The Bertz CT molecular complexity index is 839. The highest BCUT2D eigenvalue weighted by atomic mass is 79.9. The van der Waals surface area contributed by atoms with E-state index in [0.29, 0.717) is 4.67 Å². The Morgan fingerprint density at radius 1 is 1.19 bits per heavy atom. The van der Waals surface area contributed by atoms with Gasteiger partial charge >= 0.3 is 0 Å². The van der Waals surface area contributed by atoms with Gasteiger partial charge in [0.1, 0.15) is 0 Å². The van der Waals surface area contributed by atoms with Gasteiger partial charge in [-0.3, -0.25) is 9.78 Å². The van der Waals surface area contributed by atoms with Crippen molar-refractivity contribution in [3.05, 3.63) is 58.1 Å². The third kappa shape index (κ3) is 2.56. The number of carbonyl (C=O) groups excluding carboxylic acids is 1. The lowest BCUT2D eigenvalue weighted by Crippen LogP contribution is -2.11. The molecule has 1 aromatic carbocycles. The molecule has 0 saturated heterocycles. The number of fused-ring (bicyclic) bond motifs is 1. The lowest BCUT2D eigenvalue weighted by molar-refractivity contribution is 0.0995. The van der Waals surface area contributed by atoms with Gasteiger partial charge in [-0.05, 0) is 59.1 Å². The molecular weight excluding hydrogens is 332 g/mol. The number of aromatic nitrogens is 1. The van der Waals surface area contributed by atoms with Crippen LogP contribution in [0.25, 0.3) is 10.9 Å². The van der Waals surface area contributed by atoms with Gasteiger partial charge in [0, 0.05) is 11.6 Å². The van der Waals surface area contributed by atoms with Gasteiger partial charge in [0.15, 0.2) is 10.4 Å². The molecule has 2 aromatic heterocycles. The number of anilines is 1. The van der Waals surface area contributed by atoms with E-state index in [1.807, 2.05) is 26.0 Å². The van der Waals surface area contributed by atoms with Crippen molar-refractivity contribution in [2.24, 2.45) is 0 Å². The second kappa shape index (κ2) is 5.33. The second-order valence-electron chi connectivity index (χ2n) is 4.82. The van der Waals surface area contributed by atoms with Crippen LogP contribution in [0.1, 0.15) is 21.7 Å². The van der Waals surface area contributed by atoms with E-state index in [1.165, 1.54) is 5.56 Å². The first-order valence-electron chi connectivity index (χ1n) is 6.48. The van der Waals surface area contributed by atoms with Crippen LogP contribution in [0.15, 0.2) is 45.6 Å². The molecule has 0 unspecified atom stereocenters. The molecular formula is C16H13BrN2O2. The zero-order chi connectivity index (χ0) is 15.0. The van der Waals surface area contributed by atoms with Crippen LogP contribution in [0.4, 0.5) is 5.69 Å². The van der Waals surface area contributed by atoms with E-state index >= 15 is 0 Å². The number of nitrogens with one attached hydrogen (secondary N) is 1. The predicted octanol–water partition coefficient (Wildman–Crippen LogP) is 4.46. The van der Waals surface area contributed by atoms with Crippen LogP contribution < -0.4 is 5.32 Å². The standard InChI is InChI=1S/C16H13BrN2O2/c1-9-3-4-11-12(7-8-18-15(11)10(9)2)19-16(20)13-5-6-14(17)21-13/h3-8H,1-2H3,(H,18,19,20). The highest BCUT2D eigenvalue weighted by Crippen LogP contribution is 2.26. The van der Waals surface area contributed by atoms with E-state index in [1.54, 1.807) is 24.4 Å². The van der Waals surface area contributed by atoms with Crippen LogP contribution in [0.3, 0.4) is 0 Å². The van der Waals surface area contributed by atoms with Crippen molar-refractivity contribution >= 4 is 38.4 Å². The van der Waals surface area contributed by atoms with Crippen molar-refractivity contribution in [2.45, 2.75) is 13.8 Å². The molecule has 106 valence electrons. The maximum Gasteiger partial charge on any atom is 0.291 e. The normalized spacial score (nSPS) is 10.8. The Hall–Kier alpha value is -2.14. The van der Waals surface area contributed by atoms with Crippen LogP contribution in [0.2, 0.25) is 0 Å². The molecule has 0 bridgehead atoms. The Labute approximate surface area is 130 Å². The van der Waals surface area contributed by atoms with Crippen LogP contribution >= 0.6 is 15.9 Å². The number of rotatable bonds is 2. The predicted molar refractivity (Wildman–Crippen MR) is 85.6 cm³/mol. The number of hydrogen-bond donors (Lipinski definition) is 1. The van der Waals surface area contributed by atoms with Gasteiger partial charge in [-0.1, -0.05) is 12.1 Å². The summed E-state index contributed by atoms with van der Waals surface area (Å²) in [5.74, 6) is -0.0258. The number of aryl methyl sites for hydroxylation is 2. The fraction of sp³-hybridized carbons (Fsp3) is 0.125. The Balaban J connectivity index is 2.01. The van der Waals surface area contributed by atoms with Crippen LogP contribution in [0.5, 0.6) is 0 Å². The van der Waals surface area contributed by atoms with Crippen molar-refractivity contribution in [1.29, 1.82) is 0 Å². The van der Waals surface area contributed by atoms with Gasteiger partial charge in [-0.15, -0.1) is 0 Å². The summed E-state index contributed by atoms with van der Waals surface area (Å²) in [4.78, 5) is 16.6. The molecule has 0 fully saturated rings. The summed E-state index contributed by atoms with van der Waals surface area (Å²) < 4.78 is 5.79. The smallest absolute Gasteiger partial charge is 0.291 e. The Morgan fingerprint density at radius 2 is 2.00 bits per heavy atom. The first-order chi connectivity index (χ1) is 10.1. The molecule has 0 aliphatic rings. The number of benzene rings is 1. The van der Waals surface area contributed by atoms with Gasteiger partial charge in [-0.25, -0.2) is 0 Å². The first kappa shape index (κ1) is 13.8. The van der Waals surface area contributed by atoms with Crippen LogP contribution in [0, 0.1) is 13.8 Å². The summed E-state index contributed by atoms with van der Waals surface area (Å²) in [6.45, 7) is 4.07. The first-order valence-corrected chi connectivity index (χ1v) is 7.27. The minimum atomic E-state index is -0.286. The van der Waals surface area contributed by atoms with Gasteiger partial charge < -0.3 is 9.73 Å². The Kier molecular flexibility index (Phi) is 3.51. The van der Waals surface area contributed by atoms with Gasteiger partial charge in [-0.2, -0.15) is 0 Å². The van der Waals surface area contributed by atoms with Crippen molar-refractivity contribution in [3.8, 4) is 0 Å². The molecule has 2 heterocycles. The van der Waals surface area contributed by atoms with Crippen LogP contribution in [-0.4, -0.2) is 10.9 Å². The van der Waals surface area contributed by atoms with Crippen molar-refractivity contribution in [1.82, 2.24) is 4.98 Å². The molecule has 0 aliphatic heterocycles. The summed E-state index contributed by atoms with van der Waals surface area (Å²) in [5.41, 5.74) is 3.91. The molecule has 5 heteroatoms. The largest absolute Gasteiger partial charge is 0.444 e. The zero-order valence-electron chi connectivity index (χ0n) is 11.6. The van der Waals surface area contributed by atoms with Crippen molar-refractivity contribution in [2.75, 3.05) is 5.32 Å². The molecule has 0 spiro atoms. The molecule has 1 amide bonds. The van der Waals surface area contributed by atoms with E-state index in [-0.39, 0.29) is 11.7 Å². The molecule has 0 atom stereocenters. The van der Waals surface area contributed by atoms with Crippen LogP contribution in [-0.2, 0) is 0 Å². The summed E-state index contributed by atoms with van der Waals surface area (Å²) >= 11 is 3.19. The molecule has 0 saturated carbocycles. The van der Waals surface area contributed by atoms with E-state index < -0.39 is 0 Å². The molecule has 4 nitrogen and oxygen atoms in total. The monoisotopic (exact) mass is 344 g/mol. The highest BCUT2D eigenvalue weighted by molar-refractivity contribution is 9.10. The summed E-state index contributed by atoms with van der Waals surface area (Å²) in [6, 6.07) is 9.09. The lowest BCUT2D eigenvalue weighted by atomic mass is 10.0. The second-order valence-corrected chi connectivity index (χ2v) is 5.60. The van der Waals surface area contributed by atoms with Crippen molar-refractivity contribution in [3.63, 3.8) is 0 Å². The number of pyridine rings is 1. The van der Waals surface area contributed by atoms with Crippen molar-refractivity contribution < 1.29 is 9.21 Å². The van der Waals surface area contributed by atoms with E-state index in [2.05, 4.69) is 26.2 Å². The SMILES string of the molecule is Cc1ccc2c(NC(=O)c3ccc(Br)o3)ccnc2c1C. The minimum absolute atomic E-state index is 0.260. The average molecular weight is 345 g/mol. The number of carbonyl (C=O) groups is 1. The summed E-state index contributed by atoms with van der Waals surface area (Å²) in [5, 5.41) is 3.78. The highest BCUT2D eigenvalue weighted by Gasteiger charge is 2.13. The van der Waals surface area contributed by atoms with E-state index in [4.69, 9.17) is 4.42 Å². The summed E-state index contributed by atoms with van der Waals surface area (Å²) in [6.07, 6.45) is 1.70. The summed E-state index contributed by atoms with van der Waals surface area (Å²) in [7, 11) is 0. The topological polar surface area (TPSA) is 55.1 Å². The van der Waals surface area contributed by atoms with E-state index in [0.717, 1.165) is 22.2 Å². The number of amides is 1. The fourth-order valence-corrected chi connectivity index (χ4v) is 2.50. The number of nitrogens with zero attached hydrogens (tertiary/aromatic N) is 1. The molecule has 21 heavy (non-hydrogen) atoms.